The predicted molar refractivity (Wildman–Crippen MR) is 81.9 cm³/mol. The fourth-order valence-electron chi connectivity index (χ4n) is 1.86. The molecule has 0 radical (unpaired) electrons. The van der Waals surface area contributed by atoms with Crippen molar-refractivity contribution in [2.75, 3.05) is 6.61 Å². The maximum atomic E-state index is 8.54. The molecule has 106 valence electrons. The molecule has 0 aliphatic rings. The Hall–Kier alpha value is -0.126. The molecule has 1 N–H and O–H groups in total. The van der Waals surface area contributed by atoms with Crippen LogP contribution in [-0.2, 0) is 8.85 Å². The SMILES string of the molecule is C[SiH2]OC(O[SiH2]C)C(C)(C)CCCCC#CCO. The van der Waals surface area contributed by atoms with Gasteiger partial charge in [-0.25, -0.2) is 0 Å². The summed E-state index contributed by atoms with van der Waals surface area (Å²) >= 11 is 0. The first-order valence-electron chi connectivity index (χ1n) is 6.88. The van der Waals surface area contributed by atoms with Crippen molar-refractivity contribution in [2.45, 2.75) is 58.9 Å². The number of aliphatic hydroxyl groups is 1. The van der Waals surface area contributed by atoms with Crippen molar-refractivity contribution in [3.8, 4) is 11.8 Å². The molecule has 3 nitrogen and oxygen atoms in total. The van der Waals surface area contributed by atoms with Crippen LogP contribution in [0.5, 0.6) is 0 Å². The summed E-state index contributed by atoms with van der Waals surface area (Å²) in [6.45, 7) is 8.72. The van der Waals surface area contributed by atoms with Crippen molar-refractivity contribution in [2.24, 2.45) is 5.41 Å². The second-order valence-corrected chi connectivity index (χ2v) is 6.77. The van der Waals surface area contributed by atoms with E-state index in [4.69, 9.17) is 14.0 Å². The lowest BCUT2D eigenvalue weighted by Crippen LogP contribution is -2.36. The molecule has 0 aliphatic carbocycles. The zero-order valence-electron chi connectivity index (χ0n) is 12.3. The summed E-state index contributed by atoms with van der Waals surface area (Å²) in [5, 5.41) is 8.54. The van der Waals surface area contributed by atoms with E-state index in [0.29, 0.717) is 0 Å². The Morgan fingerprint density at radius 2 is 1.72 bits per heavy atom. The molecule has 0 saturated heterocycles. The van der Waals surface area contributed by atoms with Crippen molar-refractivity contribution in [1.29, 1.82) is 0 Å². The molecular weight excluding hydrogens is 260 g/mol. The van der Waals surface area contributed by atoms with E-state index in [2.05, 4.69) is 38.8 Å². The highest BCUT2D eigenvalue weighted by Crippen LogP contribution is 2.30. The van der Waals surface area contributed by atoms with Gasteiger partial charge in [-0.1, -0.05) is 39.3 Å². The van der Waals surface area contributed by atoms with Gasteiger partial charge in [0.05, 0.1) is 0 Å². The zero-order valence-corrected chi connectivity index (χ0v) is 15.1. The average Bonchev–Trinajstić information content (AvgIpc) is 2.33. The molecule has 0 spiro atoms. The molecule has 0 bridgehead atoms. The normalized spacial score (nSPS) is 14.3. The minimum absolute atomic E-state index is 0.00522. The smallest absolute Gasteiger partial charge is 0.161 e. The first-order valence-corrected chi connectivity index (χ1v) is 10.9. The Morgan fingerprint density at radius 3 is 2.22 bits per heavy atom. The number of unbranched alkanes of at least 4 members (excludes halogenated alkanes) is 2. The fraction of sp³-hybridized carbons (Fsp3) is 0.846. The molecular formula is C13H28O3Si2. The number of hydrogen-bond donors (Lipinski definition) is 1. The van der Waals surface area contributed by atoms with Crippen molar-refractivity contribution in [1.82, 2.24) is 0 Å². The summed E-state index contributed by atoms with van der Waals surface area (Å²) in [5.74, 6) is 5.63. The van der Waals surface area contributed by atoms with Crippen LogP contribution in [0.15, 0.2) is 0 Å². The van der Waals surface area contributed by atoms with Gasteiger partial charge in [0.15, 0.2) is 19.5 Å². The molecule has 5 heteroatoms. The minimum atomic E-state index is -0.426. The van der Waals surface area contributed by atoms with E-state index < -0.39 is 19.5 Å². The third-order valence-corrected chi connectivity index (χ3v) is 4.12. The van der Waals surface area contributed by atoms with E-state index in [1.54, 1.807) is 0 Å². The van der Waals surface area contributed by atoms with Crippen LogP contribution < -0.4 is 0 Å². The summed E-state index contributed by atoms with van der Waals surface area (Å²) in [6, 6.07) is 0. The third kappa shape index (κ3) is 8.06. The number of rotatable bonds is 9. The lowest BCUT2D eigenvalue weighted by molar-refractivity contribution is -0.0827. The standard InChI is InChI=1S/C13H28O3Si2/c1-13(2,12(15-17-3)16-18-4)10-8-6-5-7-9-11-14/h12,14H,5-6,8,10-11,17-18H2,1-4H3. The van der Waals surface area contributed by atoms with E-state index in [1.165, 1.54) is 0 Å². The van der Waals surface area contributed by atoms with Gasteiger partial charge in [-0.2, -0.15) is 0 Å². The molecule has 0 fully saturated rings. The van der Waals surface area contributed by atoms with Gasteiger partial charge in [0.25, 0.3) is 0 Å². The van der Waals surface area contributed by atoms with Crippen molar-refractivity contribution in [3.05, 3.63) is 0 Å². The number of aliphatic hydroxyl groups excluding tert-OH is 1. The molecule has 18 heavy (non-hydrogen) atoms. The second kappa shape index (κ2) is 10.8. The fourth-order valence-corrected chi connectivity index (χ4v) is 3.75. The second-order valence-electron chi connectivity index (χ2n) is 4.95. The van der Waals surface area contributed by atoms with E-state index in [-0.39, 0.29) is 18.3 Å². The minimum Gasteiger partial charge on any atom is -0.400 e. The van der Waals surface area contributed by atoms with Gasteiger partial charge in [0.1, 0.15) is 12.9 Å². The lowest BCUT2D eigenvalue weighted by atomic mass is 9.86. The first-order chi connectivity index (χ1) is 8.58. The lowest BCUT2D eigenvalue weighted by Gasteiger charge is -2.34. The van der Waals surface area contributed by atoms with Gasteiger partial charge in [-0.3, -0.25) is 0 Å². The summed E-state index contributed by atoms with van der Waals surface area (Å²) in [5.41, 5.74) is 0.0937. The first kappa shape index (κ1) is 17.9. The summed E-state index contributed by atoms with van der Waals surface area (Å²) in [6.07, 6.45) is 4.17. The highest BCUT2D eigenvalue weighted by molar-refractivity contribution is 6.26. The quantitative estimate of drug-likeness (QED) is 0.300. The Bertz CT molecular complexity index is 253. The van der Waals surface area contributed by atoms with Crippen LogP contribution in [-0.4, -0.2) is 37.5 Å². The highest BCUT2D eigenvalue weighted by Gasteiger charge is 2.29. The van der Waals surface area contributed by atoms with Gasteiger partial charge in [-0.15, -0.1) is 5.92 Å². The summed E-state index contributed by atoms with van der Waals surface area (Å²) < 4.78 is 11.7. The zero-order chi connectivity index (χ0) is 13.9. The van der Waals surface area contributed by atoms with Crippen LogP contribution in [0.2, 0.25) is 13.1 Å². The van der Waals surface area contributed by atoms with Gasteiger partial charge in [0, 0.05) is 11.8 Å². The van der Waals surface area contributed by atoms with Crippen LogP contribution in [0, 0.1) is 17.3 Å². The largest absolute Gasteiger partial charge is 0.400 e. The van der Waals surface area contributed by atoms with Gasteiger partial charge >= 0.3 is 0 Å². The van der Waals surface area contributed by atoms with Gasteiger partial charge < -0.3 is 14.0 Å². The molecule has 0 aromatic carbocycles. The molecule has 0 rings (SSSR count). The molecule has 0 amide bonds. The van der Waals surface area contributed by atoms with E-state index >= 15 is 0 Å². The van der Waals surface area contributed by atoms with Gasteiger partial charge in [0.2, 0.25) is 0 Å². The molecule has 0 atom stereocenters. The topological polar surface area (TPSA) is 38.7 Å². The van der Waals surface area contributed by atoms with E-state index in [9.17, 15) is 0 Å². The van der Waals surface area contributed by atoms with Crippen molar-refractivity contribution < 1.29 is 14.0 Å². The van der Waals surface area contributed by atoms with Crippen LogP contribution in [0.3, 0.4) is 0 Å². The number of hydrogen-bond acceptors (Lipinski definition) is 3. The van der Waals surface area contributed by atoms with Crippen LogP contribution >= 0.6 is 0 Å². The average molecular weight is 289 g/mol. The van der Waals surface area contributed by atoms with Gasteiger partial charge in [-0.05, 0) is 12.8 Å². The van der Waals surface area contributed by atoms with Crippen molar-refractivity contribution in [3.63, 3.8) is 0 Å². The maximum Gasteiger partial charge on any atom is 0.161 e. The highest BCUT2D eigenvalue weighted by atomic mass is 28.2. The predicted octanol–water partition coefficient (Wildman–Crippen LogP) is 1.19. The maximum absolute atomic E-state index is 8.54. The Kier molecular flexibility index (Phi) is 10.7. The van der Waals surface area contributed by atoms with Crippen LogP contribution in [0.25, 0.3) is 0 Å². The van der Waals surface area contributed by atoms with Crippen LogP contribution in [0.4, 0.5) is 0 Å². The van der Waals surface area contributed by atoms with E-state index in [0.717, 1.165) is 25.7 Å². The summed E-state index contributed by atoms with van der Waals surface area (Å²) in [4.78, 5) is 0. The molecule has 0 unspecified atom stereocenters. The van der Waals surface area contributed by atoms with E-state index in [1.807, 2.05) is 0 Å². The molecule has 0 aliphatic heterocycles. The third-order valence-electron chi connectivity index (χ3n) is 2.85. The molecule has 0 saturated carbocycles. The molecule has 0 aromatic heterocycles. The summed E-state index contributed by atoms with van der Waals surface area (Å²) in [7, 11) is -0.853. The van der Waals surface area contributed by atoms with Crippen LogP contribution in [0.1, 0.15) is 39.5 Å². The Labute approximate surface area is 117 Å². The Balaban J connectivity index is 4.01. The molecule has 0 aromatic rings. The molecule has 0 heterocycles. The monoisotopic (exact) mass is 288 g/mol. The van der Waals surface area contributed by atoms with Crippen molar-refractivity contribution >= 4 is 19.5 Å². The Morgan fingerprint density at radius 1 is 1.11 bits per heavy atom.